The molecular formula is C20H29N5O. The van der Waals surface area contributed by atoms with E-state index in [0.717, 1.165) is 37.3 Å². The number of aromatic nitrogens is 3. The minimum absolute atomic E-state index is 0.0371. The first-order chi connectivity index (χ1) is 12.8. The second kappa shape index (κ2) is 9.36. The number of carbonyl (C=O) groups is 1. The maximum absolute atomic E-state index is 12.6. The number of aromatic amines is 1. The topological polar surface area (TPSA) is 73.9 Å². The summed E-state index contributed by atoms with van der Waals surface area (Å²) >= 11 is 0. The van der Waals surface area contributed by atoms with Gasteiger partial charge in [-0.1, -0.05) is 38.3 Å². The Balaban J connectivity index is 1.49. The van der Waals surface area contributed by atoms with Crippen molar-refractivity contribution in [2.45, 2.75) is 57.8 Å². The highest BCUT2D eigenvalue weighted by molar-refractivity contribution is 5.89. The summed E-state index contributed by atoms with van der Waals surface area (Å²) in [6, 6.07) is 8.21. The van der Waals surface area contributed by atoms with Crippen LogP contribution in [0.2, 0.25) is 0 Å². The number of H-pyrrole nitrogens is 1. The number of amides is 2. The van der Waals surface area contributed by atoms with Gasteiger partial charge in [0.1, 0.15) is 12.2 Å². The lowest BCUT2D eigenvalue weighted by molar-refractivity contribution is 0.191. The number of hydrogen-bond acceptors (Lipinski definition) is 3. The molecule has 0 spiro atoms. The molecule has 0 unspecified atom stereocenters. The van der Waals surface area contributed by atoms with Gasteiger partial charge in [-0.15, -0.1) is 0 Å². The van der Waals surface area contributed by atoms with Crippen LogP contribution in [0, 0.1) is 0 Å². The Morgan fingerprint density at radius 1 is 1.27 bits per heavy atom. The molecule has 2 N–H and O–H groups in total. The highest BCUT2D eigenvalue weighted by Gasteiger charge is 2.26. The molecule has 2 aromatic rings. The Bertz CT molecular complexity index is 668. The predicted octanol–water partition coefficient (Wildman–Crippen LogP) is 4.34. The lowest BCUT2D eigenvalue weighted by Gasteiger charge is -2.31. The number of rotatable bonds is 7. The number of hydrogen-bond donors (Lipinski definition) is 2. The first kappa shape index (κ1) is 18.4. The van der Waals surface area contributed by atoms with Gasteiger partial charge in [-0.2, -0.15) is 5.10 Å². The van der Waals surface area contributed by atoms with Crippen molar-refractivity contribution < 1.29 is 4.79 Å². The van der Waals surface area contributed by atoms with Gasteiger partial charge in [0.2, 0.25) is 0 Å². The fourth-order valence-corrected chi connectivity index (χ4v) is 3.51. The minimum atomic E-state index is -0.0371. The number of nitrogens with one attached hydrogen (secondary N) is 2. The summed E-state index contributed by atoms with van der Waals surface area (Å²) in [7, 11) is 0. The average Bonchev–Trinajstić information content (AvgIpc) is 3.21. The van der Waals surface area contributed by atoms with Gasteiger partial charge in [0.25, 0.3) is 0 Å². The summed E-state index contributed by atoms with van der Waals surface area (Å²) < 4.78 is 0. The Morgan fingerprint density at radius 2 is 2.12 bits per heavy atom. The summed E-state index contributed by atoms with van der Waals surface area (Å²) in [6.07, 6.45) is 9.74. The highest BCUT2D eigenvalue weighted by Crippen LogP contribution is 2.24. The molecule has 1 atom stereocenters. The molecule has 0 bridgehead atoms. The second-order valence-electron chi connectivity index (χ2n) is 7.09. The molecule has 1 aromatic heterocycles. The molecule has 26 heavy (non-hydrogen) atoms. The number of likely N-dealkylation sites (tertiary alicyclic amines) is 1. The molecule has 0 radical (unpaired) electrons. The number of carbonyl (C=O) groups excluding carboxylic acids is 1. The Morgan fingerprint density at radius 3 is 2.85 bits per heavy atom. The van der Waals surface area contributed by atoms with Gasteiger partial charge in [0.05, 0.1) is 0 Å². The van der Waals surface area contributed by atoms with Crippen LogP contribution in [0.5, 0.6) is 0 Å². The lowest BCUT2D eigenvalue weighted by atomic mass is 9.98. The number of aryl methyl sites for hydroxylation is 1. The summed E-state index contributed by atoms with van der Waals surface area (Å²) in [5.74, 6) is 1.11. The van der Waals surface area contributed by atoms with Crippen molar-refractivity contribution >= 4 is 11.7 Å². The van der Waals surface area contributed by atoms with Gasteiger partial charge in [-0.3, -0.25) is 5.10 Å². The van der Waals surface area contributed by atoms with E-state index >= 15 is 0 Å². The van der Waals surface area contributed by atoms with Crippen LogP contribution >= 0.6 is 0 Å². The van der Waals surface area contributed by atoms with Crippen molar-refractivity contribution in [1.29, 1.82) is 0 Å². The molecule has 2 amide bonds. The largest absolute Gasteiger partial charge is 0.324 e. The zero-order chi connectivity index (χ0) is 18.2. The number of nitrogens with zero attached hydrogens (tertiary/aromatic N) is 3. The number of unbranched alkanes of at least 4 members (excludes halogenated alkanes) is 3. The lowest BCUT2D eigenvalue weighted by Crippen LogP contribution is -2.41. The van der Waals surface area contributed by atoms with Crippen molar-refractivity contribution in [3.05, 3.63) is 42.0 Å². The standard InChI is InChI=1S/C20H29N5O/c1-2-3-4-5-7-16-9-11-18(12-10-16)23-20(26)25-13-6-8-17(14-25)19-21-15-22-24-19/h9-12,15,17H,2-8,13-14H2,1H3,(H,23,26)(H,21,22,24)/t17-/m1/s1. The van der Waals surface area contributed by atoms with Crippen LogP contribution in [-0.2, 0) is 6.42 Å². The Hall–Kier alpha value is -2.37. The molecule has 2 heterocycles. The van der Waals surface area contributed by atoms with Crippen LogP contribution in [-0.4, -0.2) is 39.2 Å². The number of urea groups is 1. The number of benzene rings is 1. The third-order valence-electron chi connectivity index (χ3n) is 5.05. The van der Waals surface area contributed by atoms with E-state index in [1.54, 1.807) is 0 Å². The van der Waals surface area contributed by atoms with Crippen molar-refractivity contribution in [2.24, 2.45) is 0 Å². The quantitative estimate of drug-likeness (QED) is 0.726. The summed E-state index contributed by atoms with van der Waals surface area (Å²) in [5.41, 5.74) is 2.19. The molecule has 1 aliphatic rings. The smallest absolute Gasteiger partial charge is 0.321 e. The van der Waals surface area contributed by atoms with Crippen LogP contribution in [0.3, 0.4) is 0 Å². The molecule has 140 valence electrons. The predicted molar refractivity (Wildman–Crippen MR) is 103 cm³/mol. The zero-order valence-corrected chi connectivity index (χ0v) is 15.6. The van der Waals surface area contributed by atoms with E-state index < -0.39 is 0 Å². The maximum atomic E-state index is 12.6. The van der Waals surface area contributed by atoms with Crippen LogP contribution in [0.15, 0.2) is 30.6 Å². The molecule has 0 aliphatic carbocycles. The van der Waals surface area contributed by atoms with E-state index in [-0.39, 0.29) is 11.9 Å². The minimum Gasteiger partial charge on any atom is -0.324 e. The van der Waals surface area contributed by atoms with Gasteiger partial charge in [0.15, 0.2) is 0 Å². The summed E-state index contributed by atoms with van der Waals surface area (Å²) in [5, 5.41) is 9.87. The Kier molecular flexibility index (Phi) is 6.63. The number of anilines is 1. The third kappa shape index (κ3) is 5.07. The molecule has 0 saturated carbocycles. The van der Waals surface area contributed by atoms with E-state index in [4.69, 9.17) is 0 Å². The SMILES string of the molecule is CCCCCCc1ccc(NC(=O)N2CCC[C@@H](c3ncn[nH]3)C2)cc1. The molecule has 3 rings (SSSR count). The molecule has 6 heteroatoms. The number of piperidine rings is 1. The van der Waals surface area contributed by atoms with Gasteiger partial charge in [-0.05, 0) is 43.4 Å². The normalized spacial score (nSPS) is 17.3. The van der Waals surface area contributed by atoms with Gasteiger partial charge in [-0.25, -0.2) is 9.78 Å². The molecule has 1 saturated heterocycles. The Labute approximate surface area is 155 Å². The monoisotopic (exact) mass is 355 g/mol. The van der Waals surface area contributed by atoms with E-state index in [1.807, 2.05) is 17.0 Å². The molecule has 1 fully saturated rings. The summed E-state index contributed by atoms with van der Waals surface area (Å²) in [6.45, 7) is 3.69. The van der Waals surface area contributed by atoms with Gasteiger partial charge >= 0.3 is 6.03 Å². The fraction of sp³-hybridized carbons (Fsp3) is 0.550. The second-order valence-corrected chi connectivity index (χ2v) is 7.09. The van der Waals surface area contributed by atoms with Crippen LogP contribution in [0.4, 0.5) is 10.5 Å². The highest BCUT2D eigenvalue weighted by atomic mass is 16.2. The molecule has 1 aromatic carbocycles. The van der Waals surface area contributed by atoms with Crippen molar-refractivity contribution in [1.82, 2.24) is 20.1 Å². The fourth-order valence-electron chi connectivity index (χ4n) is 3.51. The van der Waals surface area contributed by atoms with Crippen molar-refractivity contribution in [3.8, 4) is 0 Å². The maximum Gasteiger partial charge on any atom is 0.321 e. The van der Waals surface area contributed by atoms with E-state index in [1.165, 1.54) is 37.6 Å². The average molecular weight is 355 g/mol. The van der Waals surface area contributed by atoms with Gasteiger partial charge < -0.3 is 10.2 Å². The van der Waals surface area contributed by atoms with Crippen LogP contribution < -0.4 is 5.32 Å². The van der Waals surface area contributed by atoms with E-state index in [2.05, 4.69) is 39.6 Å². The zero-order valence-electron chi connectivity index (χ0n) is 15.6. The van der Waals surface area contributed by atoms with E-state index in [0.29, 0.717) is 6.54 Å². The summed E-state index contributed by atoms with van der Waals surface area (Å²) in [4.78, 5) is 18.7. The van der Waals surface area contributed by atoms with Crippen LogP contribution in [0.25, 0.3) is 0 Å². The first-order valence-corrected chi connectivity index (χ1v) is 9.76. The molecular weight excluding hydrogens is 326 g/mol. The van der Waals surface area contributed by atoms with Crippen molar-refractivity contribution in [2.75, 3.05) is 18.4 Å². The van der Waals surface area contributed by atoms with Gasteiger partial charge in [0, 0.05) is 24.7 Å². The van der Waals surface area contributed by atoms with Crippen molar-refractivity contribution in [3.63, 3.8) is 0 Å². The molecule has 6 nitrogen and oxygen atoms in total. The third-order valence-corrected chi connectivity index (χ3v) is 5.05. The molecule has 1 aliphatic heterocycles. The van der Waals surface area contributed by atoms with E-state index in [9.17, 15) is 4.79 Å². The van der Waals surface area contributed by atoms with Crippen LogP contribution in [0.1, 0.15) is 62.8 Å². The first-order valence-electron chi connectivity index (χ1n) is 9.76.